The number of hydrogen-bond donors (Lipinski definition) is 0. The van der Waals surface area contributed by atoms with Gasteiger partial charge in [0.15, 0.2) is 0 Å². The van der Waals surface area contributed by atoms with E-state index in [4.69, 9.17) is 23.2 Å². The molecule has 1 saturated carbocycles. The number of carbonyl (C=O) groups excluding carboxylic acids is 1. The third-order valence-corrected chi connectivity index (χ3v) is 7.61. The molecular formula is C22H22BrCl2NO. The van der Waals surface area contributed by atoms with Crippen LogP contribution in [0.15, 0.2) is 53.0 Å². The number of rotatable bonds is 2. The second-order valence-electron chi connectivity index (χ2n) is 7.61. The molecule has 0 aromatic heterocycles. The highest BCUT2D eigenvalue weighted by Crippen LogP contribution is 2.53. The molecule has 1 amide bonds. The van der Waals surface area contributed by atoms with Crippen molar-refractivity contribution in [2.24, 2.45) is 5.92 Å². The fourth-order valence-corrected chi connectivity index (χ4v) is 5.69. The molecule has 142 valence electrons. The average Bonchev–Trinajstić information content (AvgIpc) is 2.67. The van der Waals surface area contributed by atoms with E-state index < -0.39 is 0 Å². The lowest BCUT2D eigenvalue weighted by molar-refractivity contribution is 0.0280. The number of carbonyl (C=O) groups is 1. The van der Waals surface area contributed by atoms with E-state index >= 15 is 0 Å². The molecule has 2 aromatic carbocycles. The van der Waals surface area contributed by atoms with E-state index in [-0.39, 0.29) is 22.7 Å². The summed E-state index contributed by atoms with van der Waals surface area (Å²) in [7, 11) is 0. The summed E-state index contributed by atoms with van der Waals surface area (Å²) in [6.07, 6.45) is 5.20. The van der Waals surface area contributed by atoms with Gasteiger partial charge in [-0.15, -0.1) is 11.6 Å². The zero-order chi connectivity index (χ0) is 19.0. The van der Waals surface area contributed by atoms with Gasteiger partial charge in [0, 0.05) is 27.5 Å². The van der Waals surface area contributed by atoms with Crippen LogP contribution in [0.4, 0.5) is 0 Å². The molecule has 2 aromatic rings. The SMILES string of the molecule is O=C(c1ccc(Br)cc1)N1CCC2(Cl)CCCCC2C1c1ccccc1Cl. The van der Waals surface area contributed by atoms with Crippen LogP contribution in [0.25, 0.3) is 0 Å². The van der Waals surface area contributed by atoms with E-state index in [1.54, 1.807) is 0 Å². The van der Waals surface area contributed by atoms with Crippen molar-refractivity contribution in [2.45, 2.75) is 43.0 Å². The first kappa shape index (κ1) is 19.3. The minimum absolute atomic E-state index is 0.0525. The van der Waals surface area contributed by atoms with Gasteiger partial charge < -0.3 is 4.90 Å². The summed E-state index contributed by atoms with van der Waals surface area (Å²) in [6, 6.07) is 15.4. The Morgan fingerprint density at radius 1 is 1.07 bits per heavy atom. The summed E-state index contributed by atoms with van der Waals surface area (Å²) < 4.78 is 0.965. The summed E-state index contributed by atoms with van der Waals surface area (Å²) in [4.78, 5) is 15.2. The van der Waals surface area contributed by atoms with Gasteiger partial charge in [-0.25, -0.2) is 0 Å². The van der Waals surface area contributed by atoms with Crippen LogP contribution >= 0.6 is 39.1 Å². The van der Waals surface area contributed by atoms with Crippen LogP contribution in [-0.2, 0) is 0 Å². The fraction of sp³-hybridized carbons (Fsp3) is 0.409. The lowest BCUT2D eigenvalue weighted by Gasteiger charge is -2.52. The highest BCUT2D eigenvalue weighted by Gasteiger charge is 2.50. The maximum Gasteiger partial charge on any atom is 0.254 e. The highest BCUT2D eigenvalue weighted by atomic mass is 79.9. The predicted octanol–water partition coefficient (Wildman–Crippen LogP) is 6.86. The largest absolute Gasteiger partial charge is 0.331 e. The van der Waals surface area contributed by atoms with Crippen LogP contribution in [-0.4, -0.2) is 22.2 Å². The first-order chi connectivity index (χ1) is 13.0. The normalized spacial score (nSPS) is 27.9. The summed E-state index contributed by atoms with van der Waals surface area (Å²) in [5.74, 6) is 0.276. The van der Waals surface area contributed by atoms with Crippen molar-refractivity contribution in [3.63, 3.8) is 0 Å². The third kappa shape index (κ3) is 3.66. The van der Waals surface area contributed by atoms with Crippen molar-refractivity contribution in [2.75, 3.05) is 6.54 Å². The number of alkyl halides is 1. The Balaban J connectivity index is 1.76. The number of nitrogens with zero attached hydrogens (tertiary/aromatic N) is 1. The molecule has 0 bridgehead atoms. The molecule has 0 spiro atoms. The van der Waals surface area contributed by atoms with Crippen molar-refractivity contribution in [3.8, 4) is 0 Å². The summed E-state index contributed by atoms with van der Waals surface area (Å²) in [6.45, 7) is 0.658. The molecule has 4 rings (SSSR count). The molecular weight excluding hydrogens is 445 g/mol. The Morgan fingerprint density at radius 2 is 1.81 bits per heavy atom. The number of hydrogen-bond acceptors (Lipinski definition) is 1. The molecule has 1 aliphatic carbocycles. The van der Waals surface area contributed by atoms with E-state index in [2.05, 4.69) is 15.9 Å². The second-order valence-corrected chi connectivity index (χ2v) is 9.68. The highest BCUT2D eigenvalue weighted by molar-refractivity contribution is 9.10. The minimum atomic E-state index is -0.238. The van der Waals surface area contributed by atoms with Crippen molar-refractivity contribution in [1.82, 2.24) is 4.90 Å². The van der Waals surface area contributed by atoms with Gasteiger partial charge in [0.05, 0.1) is 10.9 Å². The summed E-state index contributed by atoms with van der Waals surface area (Å²) in [5, 5.41) is 0.711. The molecule has 27 heavy (non-hydrogen) atoms. The van der Waals surface area contributed by atoms with E-state index in [1.165, 1.54) is 0 Å². The predicted molar refractivity (Wildman–Crippen MR) is 115 cm³/mol. The van der Waals surface area contributed by atoms with Crippen LogP contribution in [0.2, 0.25) is 5.02 Å². The second kappa shape index (κ2) is 7.77. The minimum Gasteiger partial charge on any atom is -0.331 e. The van der Waals surface area contributed by atoms with Crippen molar-refractivity contribution >= 4 is 45.0 Å². The van der Waals surface area contributed by atoms with Gasteiger partial charge >= 0.3 is 0 Å². The van der Waals surface area contributed by atoms with Crippen LogP contribution < -0.4 is 0 Å². The van der Waals surface area contributed by atoms with E-state index in [0.29, 0.717) is 17.1 Å². The lowest BCUT2D eigenvalue weighted by Crippen LogP contribution is -2.53. The van der Waals surface area contributed by atoms with Crippen LogP contribution in [0, 0.1) is 5.92 Å². The number of amides is 1. The Bertz CT molecular complexity index is 840. The number of likely N-dealkylation sites (tertiary alicyclic amines) is 1. The van der Waals surface area contributed by atoms with Crippen molar-refractivity contribution in [1.29, 1.82) is 0 Å². The smallest absolute Gasteiger partial charge is 0.254 e. The molecule has 3 unspecified atom stereocenters. The van der Waals surface area contributed by atoms with Crippen LogP contribution in [0.1, 0.15) is 54.1 Å². The molecule has 0 radical (unpaired) electrons. The Labute approximate surface area is 179 Å². The topological polar surface area (TPSA) is 20.3 Å². The van der Waals surface area contributed by atoms with Gasteiger partial charge in [-0.1, -0.05) is 58.6 Å². The van der Waals surface area contributed by atoms with Gasteiger partial charge in [0.1, 0.15) is 0 Å². The monoisotopic (exact) mass is 465 g/mol. The van der Waals surface area contributed by atoms with Gasteiger partial charge in [0.25, 0.3) is 5.91 Å². The first-order valence-electron chi connectivity index (χ1n) is 9.49. The van der Waals surface area contributed by atoms with Crippen LogP contribution in [0.5, 0.6) is 0 Å². The molecule has 1 saturated heterocycles. The maximum atomic E-state index is 13.4. The van der Waals surface area contributed by atoms with Crippen molar-refractivity contribution < 1.29 is 4.79 Å². The Morgan fingerprint density at radius 3 is 2.56 bits per heavy atom. The quantitative estimate of drug-likeness (QED) is 0.442. The van der Waals surface area contributed by atoms with Gasteiger partial charge in [0.2, 0.25) is 0 Å². The zero-order valence-corrected chi connectivity index (χ0v) is 18.1. The maximum absolute atomic E-state index is 13.4. The first-order valence-corrected chi connectivity index (χ1v) is 11.0. The summed E-state index contributed by atoms with van der Waals surface area (Å²) in [5.41, 5.74) is 1.72. The van der Waals surface area contributed by atoms with Crippen molar-refractivity contribution in [3.05, 3.63) is 69.2 Å². The molecule has 0 N–H and O–H groups in total. The number of halogens is 3. The molecule has 1 heterocycles. The molecule has 5 heteroatoms. The van der Waals surface area contributed by atoms with E-state index in [1.807, 2.05) is 53.4 Å². The third-order valence-electron chi connectivity index (χ3n) is 6.08. The molecule has 2 aliphatic rings. The standard InChI is InChI=1S/C22H22BrCl2NO/c23-16-10-8-15(9-11-16)21(27)26-14-13-22(25)12-4-3-6-18(22)20(26)17-5-1-2-7-19(17)24/h1-2,5,7-11,18,20H,3-4,6,12-14H2. The molecule has 3 atom stereocenters. The number of fused-ring (bicyclic) bond motifs is 1. The van der Waals surface area contributed by atoms with E-state index in [9.17, 15) is 4.79 Å². The number of benzene rings is 2. The number of piperidine rings is 1. The van der Waals surface area contributed by atoms with Gasteiger partial charge in [-0.3, -0.25) is 4.79 Å². The Hall–Kier alpha value is -1.03. The Kier molecular flexibility index (Phi) is 5.55. The lowest BCUT2D eigenvalue weighted by atomic mass is 9.68. The van der Waals surface area contributed by atoms with Gasteiger partial charge in [-0.05, 0) is 55.2 Å². The fourth-order valence-electron chi connectivity index (χ4n) is 4.73. The average molecular weight is 467 g/mol. The van der Waals surface area contributed by atoms with Crippen LogP contribution in [0.3, 0.4) is 0 Å². The summed E-state index contributed by atoms with van der Waals surface area (Å²) >= 11 is 17.1. The zero-order valence-electron chi connectivity index (χ0n) is 15.0. The molecule has 2 fully saturated rings. The van der Waals surface area contributed by atoms with Gasteiger partial charge in [-0.2, -0.15) is 0 Å². The molecule has 2 nitrogen and oxygen atoms in total. The molecule has 1 aliphatic heterocycles. The van der Waals surface area contributed by atoms with E-state index in [0.717, 1.165) is 42.1 Å².